The fraction of sp³-hybridized carbons (Fsp3) is 0.160. The van der Waals surface area contributed by atoms with Gasteiger partial charge >= 0.3 is 5.97 Å². The molecule has 0 radical (unpaired) electrons. The van der Waals surface area contributed by atoms with Crippen LogP contribution in [0.4, 0.5) is 5.82 Å². The summed E-state index contributed by atoms with van der Waals surface area (Å²) in [7, 11) is 0. The van der Waals surface area contributed by atoms with Crippen LogP contribution in [0.2, 0.25) is 0 Å². The second kappa shape index (κ2) is 9.83. The molecule has 34 heavy (non-hydrogen) atoms. The van der Waals surface area contributed by atoms with Crippen LogP contribution in [0, 0.1) is 25.2 Å². The molecule has 0 aliphatic heterocycles. The van der Waals surface area contributed by atoms with Crippen molar-refractivity contribution in [2.24, 2.45) is 0 Å². The molecule has 9 heteroatoms. The number of carbonyl (C=O) groups excluding carboxylic acids is 2. The predicted molar refractivity (Wildman–Crippen MR) is 124 cm³/mol. The molecule has 4 aromatic rings. The number of nitrogens with zero attached hydrogens (tertiary/aromatic N) is 5. The maximum absolute atomic E-state index is 12.7. The van der Waals surface area contributed by atoms with Gasteiger partial charge in [-0.15, -0.1) is 0 Å². The lowest BCUT2D eigenvalue weighted by molar-refractivity contribution is -0.119. The van der Waals surface area contributed by atoms with Crippen LogP contribution in [0.25, 0.3) is 5.69 Å². The first-order valence-electron chi connectivity index (χ1n) is 10.6. The first-order valence-corrected chi connectivity index (χ1v) is 10.6. The van der Waals surface area contributed by atoms with Crippen molar-refractivity contribution in [3.8, 4) is 11.8 Å². The second-order valence-corrected chi connectivity index (χ2v) is 7.58. The molecule has 1 N–H and O–H groups in total. The number of hydrogen-bond donors (Lipinski definition) is 1. The zero-order chi connectivity index (χ0) is 24.1. The molecule has 0 atom stereocenters. The molecular formula is C25H22N6O3. The molecule has 0 aliphatic rings. The first-order chi connectivity index (χ1) is 16.5. The topological polar surface area (TPSA) is 115 Å². The van der Waals surface area contributed by atoms with Crippen LogP contribution in [0.1, 0.15) is 32.9 Å². The number of nitriles is 1. The van der Waals surface area contributed by atoms with Gasteiger partial charge < -0.3 is 10.1 Å². The van der Waals surface area contributed by atoms with Crippen molar-refractivity contribution < 1.29 is 14.3 Å². The molecule has 2 heterocycles. The smallest absolute Gasteiger partial charge is 0.342 e. The monoisotopic (exact) mass is 454 g/mol. The molecule has 4 rings (SSSR count). The number of rotatable bonds is 7. The third-order valence-corrected chi connectivity index (χ3v) is 5.24. The molecule has 0 spiro atoms. The lowest BCUT2D eigenvalue weighted by Gasteiger charge is -2.10. The van der Waals surface area contributed by atoms with Crippen molar-refractivity contribution in [2.45, 2.75) is 20.4 Å². The van der Waals surface area contributed by atoms with E-state index in [1.54, 1.807) is 30.7 Å². The van der Waals surface area contributed by atoms with E-state index < -0.39 is 18.5 Å². The molecule has 2 aromatic heterocycles. The van der Waals surface area contributed by atoms with Crippen LogP contribution in [0.5, 0.6) is 0 Å². The number of ether oxygens (including phenoxy) is 1. The van der Waals surface area contributed by atoms with Crippen LogP contribution in [-0.4, -0.2) is 38.0 Å². The molecule has 9 nitrogen and oxygen atoms in total. The molecule has 0 fully saturated rings. The molecule has 1 amide bonds. The maximum atomic E-state index is 12.7. The number of esters is 1. The van der Waals surface area contributed by atoms with Crippen LogP contribution in [-0.2, 0) is 16.1 Å². The van der Waals surface area contributed by atoms with Crippen molar-refractivity contribution in [3.63, 3.8) is 0 Å². The molecule has 170 valence electrons. The Hall–Kier alpha value is -4.71. The summed E-state index contributed by atoms with van der Waals surface area (Å²) >= 11 is 0. The maximum Gasteiger partial charge on any atom is 0.342 e. The highest BCUT2D eigenvalue weighted by Crippen LogP contribution is 2.20. The minimum absolute atomic E-state index is 0.192. The Bertz CT molecular complexity index is 1370. The summed E-state index contributed by atoms with van der Waals surface area (Å²) < 4.78 is 8.45. The Morgan fingerprint density at radius 3 is 2.41 bits per heavy atom. The van der Waals surface area contributed by atoms with E-state index in [0.717, 1.165) is 5.56 Å². The van der Waals surface area contributed by atoms with E-state index in [9.17, 15) is 14.9 Å². The predicted octanol–water partition coefficient (Wildman–Crippen LogP) is 3.40. The summed E-state index contributed by atoms with van der Waals surface area (Å²) in [5, 5.41) is 20.6. The number of aryl methyl sites for hydroxylation is 1. The van der Waals surface area contributed by atoms with Crippen molar-refractivity contribution in [1.82, 2.24) is 19.6 Å². The molecule has 0 aliphatic carbocycles. The molecule has 0 unspecified atom stereocenters. The van der Waals surface area contributed by atoms with Gasteiger partial charge in [0.05, 0.1) is 29.8 Å². The summed E-state index contributed by atoms with van der Waals surface area (Å²) in [5.74, 6) is -1.02. The van der Waals surface area contributed by atoms with Gasteiger partial charge in [-0.2, -0.15) is 15.5 Å². The zero-order valence-corrected chi connectivity index (χ0v) is 18.7. The number of anilines is 1. The average Bonchev–Trinajstić information content (AvgIpc) is 3.38. The lowest BCUT2D eigenvalue weighted by atomic mass is 10.2. The number of para-hydroxylation sites is 1. The first kappa shape index (κ1) is 22.5. The van der Waals surface area contributed by atoms with Crippen molar-refractivity contribution in [3.05, 3.63) is 94.9 Å². The SMILES string of the molecule is Cc1nn(Cc2ccccc2)c(C)c1C(=O)OCC(=O)Nc1c(C#N)cnn1-c1ccccc1. The van der Waals surface area contributed by atoms with E-state index in [-0.39, 0.29) is 11.4 Å². The van der Waals surface area contributed by atoms with E-state index in [1.807, 2.05) is 54.6 Å². The number of amides is 1. The van der Waals surface area contributed by atoms with Gasteiger partial charge in [-0.05, 0) is 31.5 Å². The van der Waals surface area contributed by atoms with E-state index >= 15 is 0 Å². The Morgan fingerprint density at radius 2 is 1.74 bits per heavy atom. The molecular weight excluding hydrogens is 432 g/mol. The van der Waals surface area contributed by atoms with Gasteiger partial charge in [-0.1, -0.05) is 48.5 Å². The van der Waals surface area contributed by atoms with Crippen LogP contribution in [0.3, 0.4) is 0 Å². The largest absolute Gasteiger partial charge is 0.452 e. The third kappa shape index (κ3) is 4.71. The van der Waals surface area contributed by atoms with Gasteiger partial charge in [-0.3, -0.25) is 9.48 Å². The number of hydrogen-bond acceptors (Lipinski definition) is 6. The van der Waals surface area contributed by atoms with Gasteiger partial charge in [0.1, 0.15) is 17.2 Å². The summed E-state index contributed by atoms with van der Waals surface area (Å²) in [6.45, 7) is 3.51. The highest BCUT2D eigenvalue weighted by molar-refractivity contribution is 5.96. The number of carbonyl (C=O) groups is 2. The van der Waals surface area contributed by atoms with Crippen molar-refractivity contribution in [2.75, 3.05) is 11.9 Å². The lowest BCUT2D eigenvalue weighted by Crippen LogP contribution is -2.23. The van der Waals surface area contributed by atoms with E-state index in [4.69, 9.17) is 4.74 Å². The second-order valence-electron chi connectivity index (χ2n) is 7.58. The van der Waals surface area contributed by atoms with Crippen LogP contribution < -0.4 is 5.32 Å². The Labute approximate surface area is 196 Å². The van der Waals surface area contributed by atoms with Gasteiger partial charge in [0.25, 0.3) is 5.91 Å². The molecule has 0 saturated carbocycles. The number of benzene rings is 2. The van der Waals surface area contributed by atoms with Gasteiger partial charge in [-0.25, -0.2) is 9.48 Å². The van der Waals surface area contributed by atoms with Gasteiger partial charge in [0.15, 0.2) is 12.4 Å². The zero-order valence-electron chi connectivity index (χ0n) is 18.7. The summed E-state index contributed by atoms with van der Waals surface area (Å²) in [6.07, 6.45) is 1.36. The Kier molecular flexibility index (Phi) is 6.50. The van der Waals surface area contributed by atoms with E-state index in [1.165, 1.54) is 10.9 Å². The average molecular weight is 454 g/mol. The fourth-order valence-corrected chi connectivity index (χ4v) is 3.59. The number of aromatic nitrogens is 4. The minimum atomic E-state index is -0.637. The fourth-order valence-electron chi connectivity index (χ4n) is 3.59. The van der Waals surface area contributed by atoms with Gasteiger partial charge in [0.2, 0.25) is 0 Å². The van der Waals surface area contributed by atoms with E-state index in [2.05, 4.69) is 15.5 Å². The van der Waals surface area contributed by atoms with Gasteiger partial charge in [0, 0.05) is 0 Å². The van der Waals surface area contributed by atoms with Crippen LogP contribution in [0.15, 0.2) is 66.9 Å². The van der Waals surface area contributed by atoms with E-state index in [0.29, 0.717) is 29.2 Å². The summed E-state index contributed by atoms with van der Waals surface area (Å²) in [4.78, 5) is 25.3. The van der Waals surface area contributed by atoms with Crippen molar-refractivity contribution >= 4 is 17.7 Å². The highest BCUT2D eigenvalue weighted by atomic mass is 16.5. The summed E-state index contributed by atoms with van der Waals surface area (Å²) in [6, 6.07) is 20.9. The number of nitrogens with one attached hydrogen (secondary N) is 1. The Balaban J connectivity index is 1.44. The molecule has 2 aromatic carbocycles. The molecule has 0 saturated heterocycles. The normalized spacial score (nSPS) is 10.5. The standard InChI is InChI=1S/C25H22N6O3/c1-17-23(18(2)30(29-17)15-19-9-5-3-6-10-19)25(33)34-16-22(32)28-24-20(13-26)14-27-31(24)21-11-7-4-8-12-21/h3-12,14H,15-16H2,1-2H3,(H,28,32). The van der Waals surface area contributed by atoms with Crippen molar-refractivity contribution in [1.29, 1.82) is 5.26 Å². The quantitative estimate of drug-likeness (QED) is 0.428. The Morgan fingerprint density at radius 1 is 1.06 bits per heavy atom. The molecule has 0 bridgehead atoms. The third-order valence-electron chi connectivity index (χ3n) is 5.24. The van der Waals surface area contributed by atoms with Crippen LogP contribution >= 0.6 is 0 Å². The summed E-state index contributed by atoms with van der Waals surface area (Å²) in [5.41, 5.74) is 3.42. The minimum Gasteiger partial charge on any atom is -0.452 e. The highest BCUT2D eigenvalue weighted by Gasteiger charge is 2.22.